The first-order chi connectivity index (χ1) is 8.97. The minimum atomic E-state index is -1.37. The Bertz CT molecular complexity index is 649. The van der Waals surface area contributed by atoms with Gasteiger partial charge in [0.2, 0.25) is 0 Å². The van der Waals surface area contributed by atoms with Crippen LogP contribution in [0.25, 0.3) is 0 Å². The molecule has 0 saturated heterocycles. The number of hydrogen-bond donors (Lipinski definition) is 1. The SMILES string of the molecule is Nc1ccc(S(=O)Cc2ccc(Cl)c(Cl)c2)cc1F. The Hall–Kier alpha value is -1.10. The van der Waals surface area contributed by atoms with E-state index in [1.165, 1.54) is 12.1 Å². The lowest BCUT2D eigenvalue weighted by molar-refractivity contribution is 0.627. The Morgan fingerprint density at radius 3 is 2.47 bits per heavy atom. The van der Waals surface area contributed by atoms with Crippen LogP contribution in [0.2, 0.25) is 10.0 Å². The highest BCUT2D eigenvalue weighted by atomic mass is 35.5. The van der Waals surface area contributed by atoms with Crippen molar-refractivity contribution in [1.29, 1.82) is 0 Å². The molecule has 0 aromatic heterocycles. The third-order valence-electron chi connectivity index (χ3n) is 2.52. The normalized spacial score (nSPS) is 12.4. The largest absolute Gasteiger partial charge is 0.396 e. The molecule has 2 aromatic rings. The predicted molar refractivity (Wildman–Crippen MR) is 77.4 cm³/mol. The Morgan fingerprint density at radius 2 is 1.84 bits per heavy atom. The van der Waals surface area contributed by atoms with E-state index < -0.39 is 16.6 Å². The van der Waals surface area contributed by atoms with Gasteiger partial charge in [-0.1, -0.05) is 29.3 Å². The predicted octanol–water partition coefficient (Wildman–Crippen LogP) is 4.02. The highest BCUT2D eigenvalue weighted by Crippen LogP contribution is 2.24. The van der Waals surface area contributed by atoms with Gasteiger partial charge in [0.25, 0.3) is 0 Å². The van der Waals surface area contributed by atoms with Crippen LogP contribution < -0.4 is 5.73 Å². The smallest absolute Gasteiger partial charge is 0.147 e. The maximum Gasteiger partial charge on any atom is 0.147 e. The zero-order valence-corrected chi connectivity index (χ0v) is 12.0. The van der Waals surface area contributed by atoms with E-state index in [9.17, 15) is 8.60 Å². The molecular formula is C13H10Cl2FNOS. The van der Waals surface area contributed by atoms with E-state index in [0.29, 0.717) is 14.9 Å². The quantitative estimate of drug-likeness (QED) is 0.869. The maximum absolute atomic E-state index is 13.3. The van der Waals surface area contributed by atoms with Crippen molar-refractivity contribution in [3.8, 4) is 0 Å². The standard InChI is InChI=1S/C13H10Cl2FNOS/c14-10-3-1-8(5-11(10)15)7-19(18)9-2-4-13(17)12(16)6-9/h1-6H,7,17H2. The van der Waals surface area contributed by atoms with Gasteiger partial charge in [-0.15, -0.1) is 0 Å². The minimum absolute atomic E-state index is 0.0373. The molecule has 2 rings (SSSR count). The van der Waals surface area contributed by atoms with Gasteiger partial charge in [0, 0.05) is 4.90 Å². The molecule has 2 aromatic carbocycles. The Morgan fingerprint density at radius 1 is 1.11 bits per heavy atom. The first-order valence-corrected chi connectivity index (χ1v) is 7.42. The van der Waals surface area contributed by atoms with Crippen molar-refractivity contribution >= 4 is 39.7 Å². The van der Waals surface area contributed by atoms with Crippen molar-refractivity contribution in [1.82, 2.24) is 0 Å². The third kappa shape index (κ3) is 3.47. The molecule has 2 N–H and O–H groups in total. The van der Waals surface area contributed by atoms with Gasteiger partial charge in [0.05, 0.1) is 32.3 Å². The monoisotopic (exact) mass is 317 g/mol. The molecule has 0 radical (unpaired) electrons. The molecule has 0 aliphatic heterocycles. The molecule has 0 fully saturated rings. The fraction of sp³-hybridized carbons (Fsp3) is 0.0769. The number of nitrogens with two attached hydrogens (primary N) is 1. The van der Waals surface area contributed by atoms with Crippen molar-refractivity contribution in [2.45, 2.75) is 10.6 Å². The molecule has 19 heavy (non-hydrogen) atoms. The average molecular weight is 318 g/mol. The van der Waals surface area contributed by atoms with E-state index >= 15 is 0 Å². The van der Waals surface area contributed by atoms with E-state index in [0.717, 1.165) is 5.56 Å². The highest BCUT2D eigenvalue weighted by molar-refractivity contribution is 7.84. The summed E-state index contributed by atoms with van der Waals surface area (Å²) in [4.78, 5) is 0.387. The molecule has 0 aliphatic carbocycles. The summed E-state index contributed by atoms with van der Waals surface area (Å²) in [5.74, 6) is -0.333. The van der Waals surface area contributed by atoms with E-state index in [2.05, 4.69) is 0 Å². The molecule has 0 bridgehead atoms. The van der Waals surface area contributed by atoms with Gasteiger partial charge in [-0.05, 0) is 35.9 Å². The number of rotatable bonds is 3. The van der Waals surface area contributed by atoms with Gasteiger partial charge < -0.3 is 5.73 Å². The summed E-state index contributed by atoms with van der Waals surface area (Å²) in [6.45, 7) is 0. The molecule has 2 nitrogen and oxygen atoms in total. The fourth-order valence-electron chi connectivity index (χ4n) is 1.51. The molecule has 1 unspecified atom stereocenters. The lowest BCUT2D eigenvalue weighted by atomic mass is 10.2. The van der Waals surface area contributed by atoms with Gasteiger partial charge in [0.15, 0.2) is 0 Å². The van der Waals surface area contributed by atoms with Crippen LogP contribution in [0, 0.1) is 5.82 Å². The summed E-state index contributed by atoms with van der Waals surface area (Å²) < 4.78 is 25.4. The summed E-state index contributed by atoms with van der Waals surface area (Å²) >= 11 is 11.7. The summed E-state index contributed by atoms with van der Waals surface area (Å²) in [6.07, 6.45) is 0. The molecule has 0 aliphatic rings. The Labute approximate surface area is 122 Å². The van der Waals surface area contributed by atoms with Crippen molar-refractivity contribution in [2.75, 3.05) is 5.73 Å². The van der Waals surface area contributed by atoms with E-state index in [1.54, 1.807) is 24.3 Å². The fourth-order valence-corrected chi connectivity index (χ4v) is 2.94. The van der Waals surface area contributed by atoms with Crippen LogP contribution in [0.15, 0.2) is 41.3 Å². The average Bonchev–Trinajstić information content (AvgIpc) is 2.37. The van der Waals surface area contributed by atoms with Gasteiger partial charge in [-0.25, -0.2) is 4.39 Å². The zero-order chi connectivity index (χ0) is 14.0. The van der Waals surface area contributed by atoms with Crippen LogP contribution in [0.1, 0.15) is 5.56 Å². The summed E-state index contributed by atoms with van der Waals surface area (Å²) in [5.41, 5.74) is 6.18. The second kappa shape index (κ2) is 5.90. The van der Waals surface area contributed by atoms with Gasteiger partial charge >= 0.3 is 0 Å². The molecular weight excluding hydrogens is 308 g/mol. The molecule has 0 heterocycles. The summed E-state index contributed by atoms with van der Waals surface area (Å²) in [6, 6.07) is 9.15. The van der Waals surface area contributed by atoms with Gasteiger partial charge in [-0.2, -0.15) is 0 Å². The number of anilines is 1. The number of nitrogen functional groups attached to an aromatic ring is 1. The number of hydrogen-bond acceptors (Lipinski definition) is 2. The van der Waals surface area contributed by atoms with Crippen molar-refractivity contribution < 1.29 is 8.60 Å². The molecule has 6 heteroatoms. The topological polar surface area (TPSA) is 43.1 Å². The lowest BCUT2D eigenvalue weighted by Gasteiger charge is -2.05. The summed E-state index contributed by atoms with van der Waals surface area (Å²) in [7, 11) is -1.37. The molecule has 1 atom stereocenters. The first kappa shape index (κ1) is 14.3. The van der Waals surface area contributed by atoms with Crippen LogP contribution in [-0.4, -0.2) is 4.21 Å². The maximum atomic E-state index is 13.3. The van der Waals surface area contributed by atoms with E-state index in [1.807, 2.05) is 0 Å². The van der Waals surface area contributed by atoms with Crippen molar-refractivity contribution in [3.63, 3.8) is 0 Å². The summed E-state index contributed by atoms with van der Waals surface area (Å²) in [5, 5.41) is 0.842. The molecule has 100 valence electrons. The van der Waals surface area contributed by atoms with Crippen LogP contribution in [0.3, 0.4) is 0 Å². The van der Waals surface area contributed by atoms with E-state index in [4.69, 9.17) is 28.9 Å². The molecule has 0 spiro atoms. The minimum Gasteiger partial charge on any atom is -0.396 e. The van der Waals surface area contributed by atoms with Crippen LogP contribution in [0.4, 0.5) is 10.1 Å². The first-order valence-electron chi connectivity index (χ1n) is 5.34. The van der Waals surface area contributed by atoms with Crippen LogP contribution >= 0.6 is 23.2 Å². The van der Waals surface area contributed by atoms with Gasteiger partial charge in [0.1, 0.15) is 5.82 Å². The molecule has 0 saturated carbocycles. The van der Waals surface area contributed by atoms with Crippen LogP contribution in [0.5, 0.6) is 0 Å². The highest BCUT2D eigenvalue weighted by Gasteiger charge is 2.09. The number of halogens is 3. The van der Waals surface area contributed by atoms with Gasteiger partial charge in [-0.3, -0.25) is 4.21 Å². The number of benzene rings is 2. The van der Waals surface area contributed by atoms with Crippen molar-refractivity contribution in [3.05, 3.63) is 57.8 Å². The second-order valence-electron chi connectivity index (χ2n) is 3.92. The lowest BCUT2D eigenvalue weighted by Crippen LogP contribution is -1.99. The van der Waals surface area contributed by atoms with Crippen molar-refractivity contribution in [2.24, 2.45) is 0 Å². The third-order valence-corrected chi connectivity index (χ3v) is 4.63. The Kier molecular flexibility index (Phi) is 4.45. The molecule has 0 amide bonds. The Balaban J connectivity index is 2.20. The van der Waals surface area contributed by atoms with E-state index in [-0.39, 0.29) is 11.4 Å². The zero-order valence-electron chi connectivity index (χ0n) is 9.70. The second-order valence-corrected chi connectivity index (χ2v) is 6.19. The van der Waals surface area contributed by atoms with Crippen LogP contribution in [-0.2, 0) is 16.6 Å².